The van der Waals surface area contributed by atoms with Gasteiger partial charge in [0.15, 0.2) is 0 Å². The third-order valence-electron chi connectivity index (χ3n) is 3.02. The first kappa shape index (κ1) is 19.4. The largest absolute Gasteiger partial charge is 0.353 e. The number of nitrogens with one attached hydrogen (secondary N) is 2. The first-order chi connectivity index (χ1) is 9.47. The van der Waals surface area contributed by atoms with Crippen LogP contribution in [0.25, 0.3) is 0 Å². The zero-order valence-electron chi connectivity index (χ0n) is 12.5. The molecule has 1 unspecified atom stereocenters. The molecule has 118 valence electrons. The highest BCUT2D eigenvalue weighted by atomic mass is 35.5. The van der Waals surface area contributed by atoms with Crippen molar-refractivity contribution in [1.29, 1.82) is 0 Å². The minimum absolute atomic E-state index is 0. The monoisotopic (exact) mass is 313 g/mol. The molecule has 0 saturated carbocycles. The molecule has 1 aromatic rings. The Morgan fingerprint density at radius 2 is 1.71 bits per heavy atom. The molecule has 21 heavy (non-hydrogen) atoms. The molecule has 0 aliphatic rings. The molecule has 4 N–H and O–H groups in total. The molecule has 1 aromatic carbocycles. The van der Waals surface area contributed by atoms with E-state index < -0.39 is 5.54 Å². The van der Waals surface area contributed by atoms with Crippen molar-refractivity contribution in [2.75, 3.05) is 13.1 Å². The van der Waals surface area contributed by atoms with Gasteiger partial charge in [-0.3, -0.25) is 9.59 Å². The SMILES string of the molecule is CCCC(C)(N)C(=O)NCCNC(=O)c1ccccc1.Cl. The van der Waals surface area contributed by atoms with Crippen LogP contribution in [-0.4, -0.2) is 30.4 Å². The fraction of sp³-hybridized carbons (Fsp3) is 0.467. The standard InChI is InChI=1S/C15H23N3O2.ClH/c1-3-9-15(2,16)14(20)18-11-10-17-13(19)12-7-5-4-6-8-12;/h4-8H,3,9-11,16H2,1-2H3,(H,17,19)(H,18,20);1H. The zero-order chi connectivity index (χ0) is 15.0. The summed E-state index contributed by atoms with van der Waals surface area (Å²) in [7, 11) is 0. The molecular formula is C15H24ClN3O2. The summed E-state index contributed by atoms with van der Waals surface area (Å²) >= 11 is 0. The first-order valence-corrected chi connectivity index (χ1v) is 6.88. The second-order valence-corrected chi connectivity index (χ2v) is 5.05. The van der Waals surface area contributed by atoms with Crippen LogP contribution in [0.2, 0.25) is 0 Å². The minimum Gasteiger partial charge on any atom is -0.353 e. The molecule has 0 heterocycles. The quantitative estimate of drug-likeness (QED) is 0.667. The molecule has 2 amide bonds. The molecule has 6 heteroatoms. The molecule has 0 aliphatic carbocycles. The van der Waals surface area contributed by atoms with E-state index in [4.69, 9.17) is 5.73 Å². The number of nitrogens with two attached hydrogens (primary N) is 1. The Morgan fingerprint density at radius 1 is 1.14 bits per heavy atom. The molecule has 0 bridgehead atoms. The van der Waals surface area contributed by atoms with Crippen LogP contribution in [0.3, 0.4) is 0 Å². The Balaban J connectivity index is 0.00000400. The number of hydrogen-bond acceptors (Lipinski definition) is 3. The maximum absolute atomic E-state index is 11.8. The number of benzene rings is 1. The van der Waals surface area contributed by atoms with E-state index in [0.717, 1.165) is 6.42 Å². The molecule has 0 spiro atoms. The van der Waals surface area contributed by atoms with E-state index in [0.29, 0.717) is 25.1 Å². The van der Waals surface area contributed by atoms with Crippen molar-refractivity contribution in [3.8, 4) is 0 Å². The highest BCUT2D eigenvalue weighted by Crippen LogP contribution is 2.07. The summed E-state index contributed by atoms with van der Waals surface area (Å²) in [6, 6.07) is 8.95. The topological polar surface area (TPSA) is 84.2 Å². The van der Waals surface area contributed by atoms with Gasteiger partial charge in [-0.15, -0.1) is 12.4 Å². The molecule has 5 nitrogen and oxygen atoms in total. The average Bonchev–Trinajstić information content (AvgIpc) is 2.44. The van der Waals surface area contributed by atoms with Crippen LogP contribution in [0.15, 0.2) is 30.3 Å². The van der Waals surface area contributed by atoms with Crippen molar-refractivity contribution in [2.24, 2.45) is 5.73 Å². The first-order valence-electron chi connectivity index (χ1n) is 6.88. The lowest BCUT2D eigenvalue weighted by atomic mass is 9.97. The summed E-state index contributed by atoms with van der Waals surface area (Å²) in [5.41, 5.74) is 5.66. The van der Waals surface area contributed by atoms with Gasteiger partial charge in [0.25, 0.3) is 5.91 Å². The molecule has 1 atom stereocenters. The van der Waals surface area contributed by atoms with E-state index in [2.05, 4.69) is 10.6 Å². The van der Waals surface area contributed by atoms with Gasteiger partial charge >= 0.3 is 0 Å². The highest BCUT2D eigenvalue weighted by Gasteiger charge is 2.26. The Kier molecular flexibility index (Phi) is 8.66. The minimum atomic E-state index is -0.849. The number of carbonyl (C=O) groups is 2. The lowest BCUT2D eigenvalue weighted by Crippen LogP contribution is -2.52. The highest BCUT2D eigenvalue weighted by molar-refractivity contribution is 5.94. The van der Waals surface area contributed by atoms with Crippen LogP contribution >= 0.6 is 12.4 Å². The third kappa shape index (κ3) is 6.60. The van der Waals surface area contributed by atoms with Gasteiger partial charge in [0.2, 0.25) is 5.91 Å². The summed E-state index contributed by atoms with van der Waals surface area (Å²) in [4.78, 5) is 23.6. The average molecular weight is 314 g/mol. The van der Waals surface area contributed by atoms with Gasteiger partial charge in [-0.25, -0.2) is 0 Å². The van der Waals surface area contributed by atoms with E-state index >= 15 is 0 Å². The van der Waals surface area contributed by atoms with E-state index in [9.17, 15) is 9.59 Å². The van der Waals surface area contributed by atoms with E-state index in [1.165, 1.54) is 0 Å². The van der Waals surface area contributed by atoms with Gasteiger partial charge in [0, 0.05) is 18.7 Å². The van der Waals surface area contributed by atoms with Gasteiger partial charge in [-0.2, -0.15) is 0 Å². The molecule has 0 radical (unpaired) electrons. The summed E-state index contributed by atoms with van der Waals surface area (Å²) in [6.07, 6.45) is 1.49. The van der Waals surface area contributed by atoms with Crippen LogP contribution in [-0.2, 0) is 4.79 Å². The number of amides is 2. The Morgan fingerprint density at radius 3 is 2.29 bits per heavy atom. The van der Waals surface area contributed by atoms with Crippen molar-refractivity contribution >= 4 is 24.2 Å². The van der Waals surface area contributed by atoms with E-state index in [-0.39, 0.29) is 24.2 Å². The summed E-state index contributed by atoms with van der Waals surface area (Å²) in [6.45, 7) is 4.45. The van der Waals surface area contributed by atoms with Crippen LogP contribution in [0.5, 0.6) is 0 Å². The van der Waals surface area contributed by atoms with E-state index in [1.807, 2.05) is 13.0 Å². The van der Waals surface area contributed by atoms with Crippen molar-refractivity contribution < 1.29 is 9.59 Å². The van der Waals surface area contributed by atoms with Crippen LogP contribution in [0.4, 0.5) is 0 Å². The molecule has 0 fully saturated rings. The molecule has 0 saturated heterocycles. The molecule has 0 aromatic heterocycles. The predicted molar refractivity (Wildman–Crippen MR) is 86.5 cm³/mol. The van der Waals surface area contributed by atoms with Gasteiger partial charge in [0.05, 0.1) is 5.54 Å². The van der Waals surface area contributed by atoms with Crippen molar-refractivity contribution in [1.82, 2.24) is 10.6 Å². The fourth-order valence-electron chi connectivity index (χ4n) is 1.88. The zero-order valence-corrected chi connectivity index (χ0v) is 13.3. The lowest BCUT2D eigenvalue weighted by molar-refractivity contribution is -0.126. The second kappa shape index (κ2) is 9.37. The lowest BCUT2D eigenvalue weighted by Gasteiger charge is -2.22. The van der Waals surface area contributed by atoms with Crippen LogP contribution in [0, 0.1) is 0 Å². The summed E-state index contributed by atoms with van der Waals surface area (Å²) in [5.74, 6) is -0.336. The maximum Gasteiger partial charge on any atom is 0.251 e. The third-order valence-corrected chi connectivity index (χ3v) is 3.02. The Bertz CT molecular complexity index is 449. The smallest absolute Gasteiger partial charge is 0.251 e. The molecule has 1 rings (SSSR count). The van der Waals surface area contributed by atoms with Gasteiger partial charge in [0.1, 0.15) is 0 Å². The van der Waals surface area contributed by atoms with Gasteiger partial charge < -0.3 is 16.4 Å². The maximum atomic E-state index is 11.8. The number of hydrogen-bond donors (Lipinski definition) is 3. The second-order valence-electron chi connectivity index (χ2n) is 5.05. The van der Waals surface area contributed by atoms with Crippen molar-refractivity contribution in [3.63, 3.8) is 0 Å². The van der Waals surface area contributed by atoms with Gasteiger partial charge in [-0.05, 0) is 25.5 Å². The van der Waals surface area contributed by atoms with Crippen LogP contribution < -0.4 is 16.4 Å². The van der Waals surface area contributed by atoms with Crippen molar-refractivity contribution in [2.45, 2.75) is 32.2 Å². The number of rotatable bonds is 7. The molecular weight excluding hydrogens is 290 g/mol. The summed E-state index contributed by atoms with van der Waals surface area (Å²) in [5, 5.41) is 5.48. The fourth-order valence-corrected chi connectivity index (χ4v) is 1.88. The molecule has 0 aliphatic heterocycles. The predicted octanol–water partition coefficient (Wildman–Crippen LogP) is 1.47. The van der Waals surface area contributed by atoms with E-state index in [1.54, 1.807) is 31.2 Å². The van der Waals surface area contributed by atoms with Crippen LogP contribution in [0.1, 0.15) is 37.0 Å². The number of halogens is 1. The Hall–Kier alpha value is -1.59. The summed E-state index contributed by atoms with van der Waals surface area (Å²) < 4.78 is 0. The normalized spacial score (nSPS) is 12.7. The Labute approximate surface area is 132 Å². The van der Waals surface area contributed by atoms with Gasteiger partial charge in [-0.1, -0.05) is 31.5 Å². The van der Waals surface area contributed by atoms with Crippen molar-refractivity contribution in [3.05, 3.63) is 35.9 Å². The number of carbonyl (C=O) groups excluding carboxylic acids is 2.